The largest absolute Gasteiger partial charge is 0.468 e. The van der Waals surface area contributed by atoms with Gasteiger partial charge in [-0.05, 0) is 48.9 Å². The second kappa shape index (κ2) is 7.52. The van der Waals surface area contributed by atoms with E-state index in [0.29, 0.717) is 12.8 Å². The molecule has 0 unspecified atom stereocenters. The van der Waals surface area contributed by atoms with Gasteiger partial charge in [0.25, 0.3) is 0 Å². The van der Waals surface area contributed by atoms with Crippen LogP contribution in [0, 0.1) is 39.9 Å². The summed E-state index contributed by atoms with van der Waals surface area (Å²) < 4.78 is 14.9. The summed E-state index contributed by atoms with van der Waals surface area (Å²) in [6.07, 6.45) is 5.42. The monoisotopic (exact) mass is 446 g/mol. The van der Waals surface area contributed by atoms with Crippen molar-refractivity contribution in [1.82, 2.24) is 0 Å². The fraction of sp³-hybridized carbons (Fsp3) is 0.708. The van der Waals surface area contributed by atoms with Crippen LogP contribution in [0.25, 0.3) is 0 Å². The van der Waals surface area contributed by atoms with Crippen molar-refractivity contribution in [3.05, 3.63) is 12.2 Å². The highest BCUT2D eigenvalue weighted by Crippen LogP contribution is 2.64. The van der Waals surface area contributed by atoms with E-state index in [4.69, 9.17) is 14.2 Å². The van der Waals surface area contributed by atoms with Gasteiger partial charge < -0.3 is 14.2 Å². The molecule has 0 radical (unpaired) electrons. The molecule has 0 spiro atoms. The average Bonchev–Trinajstić information content (AvgIpc) is 3.13. The van der Waals surface area contributed by atoms with Crippen LogP contribution in [0.15, 0.2) is 12.2 Å². The number of carbonyl (C=O) groups is 5. The van der Waals surface area contributed by atoms with Crippen molar-refractivity contribution >= 4 is 29.5 Å². The Morgan fingerprint density at radius 3 is 2.16 bits per heavy atom. The van der Waals surface area contributed by atoms with Crippen molar-refractivity contribution in [2.24, 2.45) is 39.9 Å². The van der Waals surface area contributed by atoms with Crippen molar-refractivity contribution in [1.29, 1.82) is 0 Å². The van der Waals surface area contributed by atoms with Crippen LogP contribution in [0.3, 0.4) is 0 Å². The molecule has 0 aromatic carbocycles. The average molecular weight is 446 g/mol. The number of ether oxygens (including phenoxy) is 3. The number of methoxy groups -OCH3 is 3. The minimum Gasteiger partial charge on any atom is -0.468 e. The minimum atomic E-state index is -1.40. The van der Waals surface area contributed by atoms with Crippen molar-refractivity contribution in [2.75, 3.05) is 21.3 Å². The lowest BCUT2D eigenvalue weighted by Crippen LogP contribution is -2.60. The fourth-order valence-electron chi connectivity index (χ4n) is 7.28. The molecule has 4 aliphatic rings. The van der Waals surface area contributed by atoms with Crippen LogP contribution in [-0.2, 0) is 38.2 Å². The Morgan fingerprint density at radius 1 is 0.938 bits per heavy atom. The Hall–Kier alpha value is -2.51. The number of Topliss-reactive ketones (excluding diaryl/α,β-unsaturated/α-hetero) is 2. The standard InChI is InChI=1S/C24H30O8/c1-22-9-10-23(19(27)30-2,20(28)31-3)11-13(22)5-6-14-15-7-8-17(26)24(15,21(29)32-4)12-16(25)18(14)22/h5-6,13-15,18H,7-12H2,1-4H3/t13-,14-,15-,18+,22-,24+/m0/s1. The van der Waals surface area contributed by atoms with Crippen LogP contribution in [0.5, 0.6) is 0 Å². The Morgan fingerprint density at radius 2 is 1.56 bits per heavy atom. The van der Waals surface area contributed by atoms with Gasteiger partial charge in [0.2, 0.25) is 0 Å². The van der Waals surface area contributed by atoms with E-state index in [1.54, 1.807) is 0 Å². The maximum Gasteiger partial charge on any atom is 0.323 e. The van der Waals surface area contributed by atoms with Crippen LogP contribution in [0.2, 0.25) is 0 Å². The van der Waals surface area contributed by atoms with E-state index in [-0.39, 0.29) is 60.9 Å². The van der Waals surface area contributed by atoms with E-state index in [9.17, 15) is 24.0 Å². The summed E-state index contributed by atoms with van der Waals surface area (Å²) in [6, 6.07) is 0. The van der Waals surface area contributed by atoms with E-state index in [0.717, 1.165) is 0 Å². The molecule has 8 nitrogen and oxygen atoms in total. The Labute approximate surface area is 187 Å². The number of hydrogen-bond donors (Lipinski definition) is 0. The van der Waals surface area contributed by atoms with Gasteiger partial charge in [-0.1, -0.05) is 19.1 Å². The maximum atomic E-state index is 13.6. The molecule has 0 bridgehead atoms. The predicted molar refractivity (Wildman–Crippen MR) is 110 cm³/mol. The molecule has 32 heavy (non-hydrogen) atoms. The lowest BCUT2D eigenvalue weighted by atomic mass is 9.44. The van der Waals surface area contributed by atoms with E-state index in [1.807, 2.05) is 19.1 Å². The van der Waals surface area contributed by atoms with Crippen molar-refractivity contribution in [3.8, 4) is 0 Å². The molecule has 6 atom stereocenters. The van der Waals surface area contributed by atoms with Crippen LogP contribution < -0.4 is 0 Å². The van der Waals surface area contributed by atoms with Gasteiger partial charge in [0.05, 0.1) is 21.3 Å². The molecule has 0 saturated heterocycles. The molecule has 0 amide bonds. The second-order valence-electron chi connectivity index (χ2n) is 10.00. The predicted octanol–water partition coefficient (Wildman–Crippen LogP) is 2.04. The normalized spacial score (nSPS) is 39.4. The highest BCUT2D eigenvalue weighted by Gasteiger charge is 2.69. The van der Waals surface area contributed by atoms with E-state index in [1.165, 1.54) is 21.3 Å². The molecule has 0 aliphatic heterocycles. The van der Waals surface area contributed by atoms with E-state index in [2.05, 4.69) is 0 Å². The summed E-state index contributed by atoms with van der Waals surface area (Å²) in [5, 5.41) is 0. The second-order valence-corrected chi connectivity index (χ2v) is 10.00. The zero-order valence-corrected chi connectivity index (χ0v) is 19.0. The Kier molecular flexibility index (Phi) is 5.33. The zero-order chi connectivity index (χ0) is 23.5. The number of hydrogen-bond acceptors (Lipinski definition) is 8. The van der Waals surface area contributed by atoms with Gasteiger partial charge in [-0.25, -0.2) is 0 Å². The van der Waals surface area contributed by atoms with Gasteiger partial charge in [-0.3, -0.25) is 24.0 Å². The number of carbonyl (C=O) groups excluding carboxylic acids is 5. The highest BCUT2D eigenvalue weighted by atomic mass is 16.5. The summed E-state index contributed by atoms with van der Waals surface area (Å²) in [5.41, 5.74) is -3.30. The molecule has 3 saturated carbocycles. The third-order valence-corrected chi connectivity index (χ3v) is 8.95. The molecule has 4 rings (SSSR count). The van der Waals surface area contributed by atoms with Gasteiger partial charge in [-0.2, -0.15) is 0 Å². The third kappa shape index (κ3) is 2.70. The van der Waals surface area contributed by atoms with Crippen LogP contribution in [0.4, 0.5) is 0 Å². The van der Waals surface area contributed by atoms with Crippen LogP contribution in [0.1, 0.15) is 45.4 Å². The molecule has 8 heteroatoms. The molecular formula is C24H30O8. The van der Waals surface area contributed by atoms with Crippen LogP contribution in [-0.4, -0.2) is 50.8 Å². The molecule has 0 N–H and O–H groups in total. The first kappa shape index (κ1) is 22.7. The first-order valence-corrected chi connectivity index (χ1v) is 11.1. The van der Waals surface area contributed by atoms with Gasteiger partial charge in [0, 0.05) is 18.8 Å². The summed E-state index contributed by atoms with van der Waals surface area (Å²) in [4.78, 5) is 64.4. The molecule has 4 aliphatic carbocycles. The zero-order valence-electron chi connectivity index (χ0n) is 19.0. The van der Waals surface area contributed by atoms with Gasteiger partial charge in [0.1, 0.15) is 11.2 Å². The molecule has 3 fully saturated rings. The highest BCUT2D eigenvalue weighted by molar-refractivity contribution is 6.10. The topological polar surface area (TPSA) is 113 Å². The first-order valence-electron chi connectivity index (χ1n) is 11.1. The number of ketones is 2. The summed E-state index contributed by atoms with van der Waals surface area (Å²) in [5.74, 6) is -3.34. The van der Waals surface area contributed by atoms with Crippen molar-refractivity contribution in [2.45, 2.75) is 45.4 Å². The van der Waals surface area contributed by atoms with Gasteiger partial charge in [0.15, 0.2) is 11.2 Å². The first-order chi connectivity index (χ1) is 15.1. The number of allylic oxidation sites excluding steroid dienone is 2. The lowest BCUT2D eigenvalue weighted by molar-refractivity contribution is -0.182. The van der Waals surface area contributed by atoms with Gasteiger partial charge >= 0.3 is 17.9 Å². The van der Waals surface area contributed by atoms with E-state index >= 15 is 0 Å². The fourth-order valence-corrected chi connectivity index (χ4v) is 7.28. The number of fused-ring (bicyclic) bond motifs is 5. The molecule has 174 valence electrons. The Balaban J connectivity index is 1.75. The van der Waals surface area contributed by atoms with Crippen LogP contribution >= 0.6 is 0 Å². The SMILES string of the molecule is COC(=O)C1(C(=O)OC)CC[C@@]2(C)[C@@H](C=C[C@H]3[C@@H]4CCC(=O)[C@@]4(C(=O)OC)CC(=O)[C@@H]32)C1. The molecular weight excluding hydrogens is 416 g/mol. The maximum absolute atomic E-state index is 13.6. The van der Waals surface area contributed by atoms with Crippen molar-refractivity contribution < 1.29 is 38.2 Å². The lowest BCUT2D eigenvalue weighted by Gasteiger charge is -2.57. The third-order valence-electron chi connectivity index (χ3n) is 8.95. The summed E-state index contributed by atoms with van der Waals surface area (Å²) in [7, 11) is 3.76. The molecule has 0 aromatic heterocycles. The van der Waals surface area contributed by atoms with Crippen molar-refractivity contribution in [3.63, 3.8) is 0 Å². The summed E-state index contributed by atoms with van der Waals surface area (Å²) in [6.45, 7) is 2.02. The van der Waals surface area contributed by atoms with E-state index < -0.39 is 34.2 Å². The molecule has 0 aromatic rings. The summed E-state index contributed by atoms with van der Waals surface area (Å²) >= 11 is 0. The molecule has 0 heterocycles. The minimum absolute atomic E-state index is 0.118. The smallest absolute Gasteiger partial charge is 0.323 e. The number of rotatable bonds is 3. The number of esters is 3. The Bertz CT molecular complexity index is 903. The quantitative estimate of drug-likeness (QED) is 0.280. The van der Waals surface area contributed by atoms with Gasteiger partial charge in [-0.15, -0.1) is 0 Å².